The van der Waals surface area contributed by atoms with Crippen LogP contribution < -0.4 is 14.9 Å². The molecule has 0 spiro atoms. The number of likely N-dealkylation sites (tertiary alicyclic amines) is 1. The van der Waals surface area contributed by atoms with Crippen molar-refractivity contribution < 1.29 is 9.47 Å². The molecule has 1 aromatic carbocycles. The fourth-order valence-corrected chi connectivity index (χ4v) is 3.38. The molecule has 0 atom stereocenters. The summed E-state index contributed by atoms with van der Waals surface area (Å²) in [6.45, 7) is 5.96. The second kappa shape index (κ2) is 8.82. The predicted molar refractivity (Wildman–Crippen MR) is 102 cm³/mol. The Morgan fingerprint density at radius 2 is 2.16 bits per heavy atom. The molecule has 7 heteroatoms. The van der Waals surface area contributed by atoms with Crippen LogP contribution >= 0.6 is 11.3 Å². The number of hydrogen-bond acceptors (Lipinski definition) is 7. The number of hydrogen-bond donors (Lipinski definition) is 1. The minimum atomic E-state index is 0.675. The maximum absolute atomic E-state index is 5.89. The van der Waals surface area contributed by atoms with Gasteiger partial charge in [0.15, 0.2) is 11.5 Å². The van der Waals surface area contributed by atoms with Crippen LogP contribution in [0.4, 0.5) is 5.13 Å². The lowest BCUT2D eigenvalue weighted by Gasteiger charge is -2.16. The molecule has 2 heterocycles. The van der Waals surface area contributed by atoms with Gasteiger partial charge in [-0.15, -0.1) is 11.3 Å². The van der Waals surface area contributed by atoms with Gasteiger partial charge in [-0.3, -0.25) is 10.3 Å². The fraction of sp³-hybridized carbons (Fsp3) is 0.444. The first-order valence-electron chi connectivity index (χ1n) is 8.49. The van der Waals surface area contributed by atoms with Crippen LogP contribution in [-0.4, -0.2) is 49.4 Å². The van der Waals surface area contributed by atoms with E-state index < -0.39 is 0 Å². The lowest BCUT2D eigenvalue weighted by Crippen LogP contribution is -2.25. The minimum Gasteiger partial charge on any atom is -0.493 e. The summed E-state index contributed by atoms with van der Waals surface area (Å²) >= 11 is 1.53. The highest BCUT2D eigenvalue weighted by Gasteiger charge is 2.12. The van der Waals surface area contributed by atoms with Crippen molar-refractivity contribution in [2.24, 2.45) is 5.10 Å². The molecule has 0 amide bonds. The molecular formula is C18H24N4O2S. The van der Waals surface area contributed by atoms with Crippen LogP contribution in [0.1, 0.15) is 24.1 Å². The molecule has 1 N–H and O–H groups in total. The van der Waals surface area contributed by atoms with E-state index >= 15 is 0 Å². The predicted octanol–water partition coefficient (Wildman–Crippen LogP) is 3.38. The number of aromatic nitrogens is 1. The number of anilines is 1. The smallest absolute Gasteiger partial charge is 0.203 e. The summed E-state index contributed by atoms with van der Waals surface area (Å²) in [7, 11) is 1.65. The van der Waals surface area contributed by atoms with Crippen LogP contribution in [-0.2, 0) is 0 Å². The maximum Gasteiger partial charge on any atom is 0.203 e. The first-order chi connectivity index (χ1) is 12.2. The Kier molecular flexibility index (Phi) is 6.25. The van der Waals surface area contributed by atoms with Gasteiger partial charge in [-0.25, -0.2) is 4.98 Å². The SMILES string of the molecule is COc1cc(C=NNc2nc(C)cs2)ccc1OCCN1CCCC1. The monoisotopic (exact) mass is 360 g/mol. The molecule has 1 aliphatic rings. The number of nitrogens with one attached hydrogen (secondary N) is 1. The number of aryl methyl sites for hydroxylation is 1. The number of thiazole rings is 1. The fourth-order valence-electron chi connectivity index (χ4n) is 2.74. The molecule has 0 aliphatic carbocycles. The Balaban J connectivity index is 1.54. The van der Waals surface area contributed by atoms with Crippen LogP contribution in [0.5, 0.6) is 11.5 Å². The van der Waals surface area contributed by atoms with Gasteiger partial charge in [0.05, 0.1) is 19.0 Å². The summed E-state index contributed by atoms with van der Waals surface area (Å²) in [4.78, 5) is 6.73. The lowest BCUT2D eigenvalue weighted by atomic mass is 10.2. The molecule has 1 saturated heterocycles. The Morgan fingerprint density at radius 1 is 1.32 bits per heavy atom. The zero-order valence-corrected chi connectivity index (χ0v) is 15.5. The molecule has 134 valence electrons. The van der Waals surface area contributed by atoms with E-state index in [1.807, 2.05) is 30.5 Å². The van der Waals surface area contributed by atoms with Crippen LogP contribution in [0.2, 0.25) is 0 Å². The first-order valence-corrected chi connectivity index (χ1v) is 9.37. The largest absolute Gasteiger partial charge is 0.493 e. The van der Waals surface area contributed by atoms with Gasteiger partial charge in [0.1, 0.15) is 6.61 Å². The van der Waals surface area contributed by atoms with Crippen molar-refractivity contribution in [2.45, 2.75) is 19.8 Å². The molecule has 1 aromatic heterocycles. The summed E-state index contributed by atoms with van der Waals surface area (Å²) in [6, 6.07) is 5.81. The van der Waals surface area contributed by atoms with E-state index in [2.05, 4.69) is 20.4 Å². The zero-order chi connectivity index (χ0) is 17.5. The van der Waals surface area contributed by atoms with Crippen molar-refractivity contribution in [2.75, 3.05) is 38.8 Å². The van der Waals surface area contributed by atoms with E-state index in [1.54, 1.807) is 13.3 Å². The van der Waals surface area contributed by atoms with Crippen molar-refractivity contribution >= 4 is 22.7 Å². The van der Waals surface area contributed by atoms with E-state index in [0.29, 0.717) is 6.61 Å². The molecule has 0 radical (unpaired) electrons. The molecule has 2 aromatic rings. The normalized spacial score (nSPS) is 15.0. The topological polar surface area (TPSA) is 59.0 Å². The zero-order valence-electron chi connectivity index (χ0n) is 14.7. The number of hydrazone groups is 1. The average molecular weight is 360 g/mol. The Bertz CT molecular complexity index is 711. The van der Waals surface area contributed by atoms with E-state index in [4.69, 9.17) is 9.47 Å². The van der Waals surface area contributed by atoms with E-state index in [0.717, 1.165) is 34.4 Å². The Labute approximate surface area is 152 Å². The van der Waals surface area contributed by atoms with E-state index in [-0.39, 0.29) is 0 Å². The molecule has 25 heavy (non-hydrogen) atoms. The van der Waals surface area contributed by atoms with Gasteiger partial charge in [-0.05, 0) is 56.6 Å². The highest BCUT2D eigenvalue weighted by Crippen LogP contribution is 2.27. The van der Waals surface area contributed by atoms with Crippen molar-refractivity contribution in [1.82, 2.24) is 9.88 Å². The summed E-state index contributed by atoms with van der Waals surface area (Å²) < 4.78 is 11.3. The maximum atomic E-state index is 5.89. The van der Waals surface area contributed by atoms with Gasteiger partial charge >= 0.3 is 0 Å². The third-order valence-electron chi connectivity index (χ3n) is 4.04. The molecule has 1 aliphatic heterocycles. The molecule has 3 rings (SSSR count). The lowest BCUT2D eigenvalue weighted by molar-refractivity contribution is 0.230. The third kappa shape index (κ3) is 5.17. The molecule has 0 saturated carbocycles. The molecule has 0 bridgehead atoms. The summed E-state index contributed by atoms with van der Waals surface area (Å²) in [6.07, 6.45) is 4.34. The second-order valence-corrected chi connectivity index (χ2v) is 6.83. The van der Waals surface area contributed by atoms with Crippen LogP contribution in [0, 0.1) is 6.92 Å². The average Bonchev–Trinajstić information content (AvgIpc) is 3.27. The van der Waals surface area contributed by atoms with Crippen molar-refractivity contribution in [3.05, 3.63) is 34.8 Å². The Morgan fingerprint density at radius 3 is 2.88 bits per heavy atom. The standard InChI is InChI=1S/C18H24N4O2S/c1-14-13-25-18(20-14)21-19-12-15-5-6-16(17(11-15)23-2)24-10-9-22-7-3-4-8-22/h5-6,11-13H,3-4,7-10H2,1-2H3,(H,20,21). The highest BCUT2D eigenvalue weighted by molar-refractivity contribution is 7.13. The van der Waals surface area contributed by atoms with Gasteiger partial charge in [0.25, 0.3) is 0 Å². The van der Waals surface area contributed by atoms with Crippen molar-refractivity contribution in [1.29, 1.82) is 0 Å². The number of methoxy groups -OCH3 is 1. The first kappa shape index (κ1) is 17.7. The summed E-state index contributed by atoms with van der Waals surface area (Å²) in [5.41, 5.74) is 4.85. The van der Waals surface area contributed by atoms with Crippen LogP contribution in [0.15, 0.2) is 28.7 Å². The highest BCUT2D eigenvalue weighted by atomic mass is 32.1. The van der Waals surface area contributed by atoms with Gasteiger partial charge in [-0.1, -0.05) is 0 Å². The third-order valence-corrected chi connectivity index (χ3v) is 4.91. The molecular weight excluding hydrogens is 336 g/mol. The van der Waals surface area contributed by atoms with E-state index in [9.17, 15) is 0 Å². The van der Waals surface area contributed by atoms with Crippen molar-refractivity contribution in [3.63, 3.8) is 0 Å². The summed E-state index contributed by atoms with van der Waals surface area (Å²) in [5.74, 6) is 1.48. The second-order valence-electron chi connectivity index (χ2n) is 5.97. The van der Waals surface area contributed by atoms with Crippen LogP contribution in [0.25, 0.3) is 0 Å². The van der Waals surface area contributed by atoms with Gasteiger partial charge < -0.3 is 9.47 Å². The molecule has 6 nitrogen and oxygen atoms in total. The van der Waals surface area contributed by atoms with Crippen molar-refractivity contribution in [3.8, 4) is 11.5 Å². The Hall–Kier alpha value is -2.12. The quantitative estimate of drug-likeness (QED) is 0.578. The number of nitrogens with zero attached hydrogens (tertiary/aromatic N) is 3. The van der Waals surface area contributed by atoms with Gasteiger partial charge in [0, 0.05) is 11.9 Å². The van der Waals surface area contributed by atoms with Gasteiger partial charge in [-0.2, -0.15) is 5.10 Å². The number of ether oxygens (including phenoxy) is 2. The van der Waals surface area contributed by atoms with Crippen LogP contribution in [0.3, 0.4) is 0 Å². The van der Waals surface area contributed by atoms with Gasteiger partial charge in [0.2, 0.25) is 5.13 Å². The summed E-state index contributed by atoms with van der Waals surface area (Å²) in [5, 5.41) is 6.98. The minimum absolute atomic E-state index is 0.675. The number of rotatable bonds is 8. The van der Waals surface area contributed by atoms with E-state index in [1.165, 1.54) is 37.3 Å². The molecule has 0 unspecified atom stereocenters. The number of benzene rings is 1. The molecule has 1 fully saturated rings.